The topological polar surface area (TPSA) is 93.7 Å². The summed E-state index contributed by atoms with van der Waals surface area (Å²) < 4.78 is 9.71. The highest BCUT2D eigenvalue weighted by Gasteiger charge is 2.22. The molecule has 1 atom stereocenters. The van der Waals surface area contributed by atoms with Crippen LogP contribution in [0.2, 0.25) is 0 Å². The van der Waals surface area contributed by atoms with E-state index < -0.39 is 24.0 Å². The van der Waals surface area contributed by atoms with Crippen molar-refractivity contribution in [3.05, 3.63) is 71.8 Å². The highest BCUT2D eigenvalue weighted by molar-refractivity contribution is 7.98. The lowest BCUT2D eigenvalue weighted by atomic mass is 10.2. The molecule has 0 fully saturated rings. The lowest BCUT2D eigenvalue weighted by molar-refractivity contribution is -0.141. The third kappa shape index (κ3) is 8.69. The Morgan fingerprint density at radius 3 is 2.21 bits per heavy atom. The standard InChI is InChI=1S/C21H24N2O5S/c1-27-19(24)12-22-20(25)18(15-29-14-17-10-6-3-7-11-17)23-21(26)28-13-16-8-4-2-5-9-16/h2-11,18H,12-15H2,1H3,(H,22,25)(H,23,26). The molecule has 0 bridgehead atoms. The van der Waals surface area contributed by atoms with Crippen LogP contribution in [-0.4, -0.2) is 43.4 Å². The molecule has 2 aromatic rings. The minimum Gasteiger partial charge on any atom is -0.468 e. The molecule has 0 aliphatic heterocycles. The van der Waals surface area contributed by atoms with Crippen LogP contribution in [0.15, 0.2) is 60.7 Å². The molecule has 2 amide bonds. The monoisotopic (exact) mass is 416 g/mol. The van der Waals surface area contributed by atoms with Gasteiger partial charge in [0.25, 0.3) is 0 Å². The molecule has 7 nitrogen and oxygen atoms in total. The third-order valence-corrected chi connectivity index (χ3v) is 4.96. The number of esters is 1. The van der Waals surface area contributed by atoms with Crippen molar-refractivity contribution >= 4 is 29.7 Å². The van der Waals surface area contributed by atoms with E-state index in [-0.39, 0.29) is 13.2 Å². The van der Waals surface area contributed by atoms with E-state index in [1.54, 1.807) is 0 Å². The van der Waals surface area contributed by atoms with Gasteiger partial charge in [-0.25, -0.2) is 4.79 Å². The fourth-order valence-electron chi connectivity index (χ4n) is 2.31. The first kappa shape index (κ1) is 22.3. The number of carbonyl (C=O) groups excluding carboxylic acids is 3. The number of alkyl carbamates (subject to hydrolysis) is 1. The second kappa shape index (κ2) is 12.5. The molecule has 0 saturated heterocycles. The van der Waals surface area contributed by atoms with Crippen LogP contribution in [0.4, 0.5) is 4.79 Å². The molecule has 2 N–H and O–H groups in total. The summed E-state index contributed by atoms with van der Waals surface area (Å²) >= 11 is 1.49. The minimum absolute atomic E-state index is 0.0976. The number of nitrogens with one attached hydrogen (secondary N) is 2. The van der Waals surface area contributed by atoms with Crippen molar-refractivity contribution < 1.29 is 23.9 Å². The van der Waals surface area contributed by atoms with E-state index in [4.69, 9.17) is 4.74 Å². The number of benzene rings is 2. The van der Waals surface area contributed by atoms with Crippen LogP contribution in [0.1, 0.15) is 11.1 Å². The van der Waals surface area contributed by atoms with Gasteiger partial charge in [0.1, 0.15) is 19.2 Å². The lowest BCUT2D eigenvalue weighted by Gasteiger charge is -2.18. The summed E-state index contributed by atoms with van der Waals surface area (Å²) in [5.74, 6) is -0.0432. The predicted octanol–water partition coefficient (Wildman–Crippen LogP) is 2.50. The fraction of sp³-hybridized carbons (Fsp3) is 0.286. The maximum Gasteiger partial charge on any atom is 0.408 e. The van der Waals surface area contributed by atoms with E-state index >= 15 is 0 Å². The third-order valence-electron chi connectivity index (χ3n) is 3.85. The van der Waals surface area contributed by atoms with Crippen LogP contribution in [0.25, 0.3) is 0 Å². The van der Waals surface area contributed by atoms with Gasteiger partial charge >= 0.3 is 12.1 Å². The molecule has 0 spiro atoms. The van der Waals surface area contributed by atoms with Gasteiger partial charge in [0.15, 0.2) is 0 Å². The van der Waals surface area contributed by atoms with Gasteiger partial charge in [-0.15, -0.1) is 0 Å². The maximum atomic E-state index is 12.4. The van der Waals surface area contributed by atoms with Crippen molar-refractivity contribution in [2.45, 2.75) is 18.4 Å². The zero-order valence-corrected chi connectivity index (χ0v) is 16.9. The van der Waals surface area contributed by atoms with E-state index in [1.807, 2.05) is 60.7 Å². The molecule has 0 radical (unpaired) electrons. The summed E-state index contributed by atoms with van der Waals surface area (Å²) in [6, 6.07) is 18.2. The molecule has 0 aromatic heterocycles. The summed E-state index contributed by atoms with van der Waals surface area (Å²) in [7, 11) is 1.24. The molecule has 2 aromatic carbocycles. The maximum absolute atomic E-state index is 12.4. The van der Waals surface area contributed by atoms with Crippen LogP contribution in [-0.2, 0) is 31.4 Å². The average Bonchev–Trinajstić information content (AvgIpc) is 2.76. The summed E-state index contributed by atoms with van der Waals surface area (Å²) in [6.45, 7) is -0.170. The first-order valence-corrected chi connectivity index (χ1v) is 10.2. The normalized spacial score (nSPS) is 11.2. The Balaban J connectivity index is 1.88. The summed E-state index contributed by atoms with van der Waals surface area (Å²) in [6.07, 6.45) is -0.701. The quantitative estimate of drug-likeness (QED) is 0.578. The molecule has 29 heavy (non-hydrogen) atoms. The number of ether oxygens (including phenoxy) is 2. The highest BCUT2D eigenvalue weighted by atomic mass is 32.2. The first-order chi connectivity index (χ1) is 14.1. The summed E-state index contributed by atoms with van der Waals surface area (Å²) in [5.41, 5.74) is 1.95. The van der Waals surface area contributed by atoms with Gasteiger partial charge in [-0.05, 0) is 11.1 Å². The summed E-state index contributed by atoms with van der Waals surface area (Å²) in [4.78, 5) is 35.8. The number of hydrogen-bond donors (Lipinski definition) is 2. The van der Waals surface area contributed by atoms with Gasteiger partial charge in [-0.2, -0.15) is 11.8 Å². The molecule has 1 unspecified atom stereocenters. The van der Waals surface area contributed by atoms with Gasteiger partial charge in [-0.1, -0.05) is 60.7 Å². The van der Waals surface area contributed by atoms with Crippen molar-refractivity contribution in [2.24, 2.45) is 0 Å². The second-order valence-corrected chi connectivity index (χ2v) is 7.08. The molecular weight excluding hydrogens is 392 g/mol. The van der Waals surface area contributed by atoms with Crippen molar-refractivity contribution in [2.75, 3.05) is 19.4 Å². The smallest absolute Gasteiger partial charge is 0.408 e. The van der Waals surface area contributed by atoms with Gasteiger partial charge < -0.3 is 20.1 Å². The van der Waals surface area contributed by atoms with Gasteiger partial charge in [0, 0.05) is 11.5 Å². The van der Waals surface area contributed by atoms with Crippen LogP contribution in [0.5, 0.6) is 0 Å². The molecule has 154 valence electrons. The molecule has 2 rings (SSSR count). The van der Waals surface area contributed by atoms with E-state index in [2.05, 4.69) is 15.4 Å². The number of rotatable bonds is 10. The number of methoxy groups -OCH3 is 1. The number of carbonyl (C=O) groups is 3. The zero-order chi connectivity index (χ0) is 20.9. The van der Waals surface area contributed by atoms with E-state index in [0.717, 1.165) is 11.1 Å². The molecular formula is C21H24N2O5S. The van der Waals surface area contributed by atoms with Crippen LogP contribution < -0.4 is 10.6 Å². The number of thioether (sulfide) groups is 1. The number of hydrogen-bond acceptors (Lipinski definition) is 6. The Morgan fingerprint density at radius 2 is 1.59 bits per heavy atom. The van der Waals surface area contributed by atoms with E-state index in [1.165, 1.54) is 18.9 Å². The van der Waals surface area contributed by atoms with Crippen molar-refractivity contribution in [3.63, 3.8) is 0 Å². The van der Waals surface area contributed by atoms with Crippen molar-refractivity contribution in [3.8, 4) is 0 Å². The average molecular weight is 416 g/mol. The van der Waals surface area contributed by atoms with Crippen LogP contribution in [0.3, 0.4) is 0 Å². The Hall–Kier alpha value is -3.00. The fourth-order valence-corrected chi connectivity index (χ4v) is 3.33. The molecule has 0 heterocycles. The van der Waals surface area contributed by atoms with Crippen LogP contribution in [0, 0.1) is 0 Å². The SMILES string of the molecule is COC(=O)CNC(=O)C(CSCc1ccccc1)NC(=O)OCc1ccccc1. The highest BCUT2D eigenvalue weighted by Crippen LogP contribution is 2.13. The summed E-state index contributed by atoms with van der Waals surface area (Å²) in [5, 5.41) is 5.03. The molecule has 8 heteroatoms. The minimum atomic E-state index is -0.850. The molecule has 0 aliphatic rings. The van der Waals surface area contributed by atoms with Crippen LogP contribution >= 0.6 is 11.8 Å². The lowest BCUT2D eigenvalue weighted by Crippen LogP contribution is -2.49. The predicted molar refractivity (Wildman–Crippen MR) is 111 cm³/mol. The molecule has 0 aliphatic carbocycles. The van der Waals surface area contributed by atoms with Gasteiger partial charge in [0.05, 0.1) is 7.11 Å². The zero-order valence-electron chi connectivity index (χ0n) is 16.1. The number of amides is 2. The largest absolute Gasteiger partial charge is 0.468 e. The molecule has 0 saturated carbocycles. The van der Waals surface area contributed by atoms with E-state index in [0.29, 0.717) is 11.5 Å². The first-order valence-electron chi connectivity index (χ1n) is 9.02. The Kier molecular flexibility index (Phi) is 9.57. The van der Waals surface area contributed by atoms with Gasteiger partial charge in [0.2, 0.25) is 5.91 Å². The Labute approximate surface area is 174 Å². The van der Waals surface area contributed by atoms with E-state index in [9.17, 15) is 14.4 Å². The van der Waals surface area contributed by atoms with Gasteiger partial charge in [-0.3, -0.25) is 9.59 Å². The second-order valence-electron chi connectivity index (χ2n) is 6.05. The van der Waals surface area contributed by atoms with Crippen molar-refractivity contribution in [1.82, 2.24) is 10.6 Å². The Bertz CT molecular complexity index is 786. The Morgan fingerprint density at radius 1 is 0.966 bits per heavy atom. The van der Waals surface area contributed by atoms with Crippen molar-refractivity contribution in [1.29, 1.82) is 0 Å².